The van der Waals surface area contributed by atoms with Gasteiger partial charge >= 0.3 is 0 Å². The molecule has 2 heterocycles. The Bertz CT molecular complexity index is 1020. The first-order valence-electron chi connectivity index (χ1n) is 9.76. The summed E-state index contributed by atoms with van der Waals surface area (Å²) in [4.78, 5) is 6.54. The van der Waals surface area contributed by atoms with Crippen molar-refractivity contribution in [3.05, 3.63) is 64.8 Å². The van der Waals surface area contributed by atoms with Crippen molar-refractivity contribution in [2.75, 3.05) is 18.0 Å². The molecule has 1 fully saturated rings. The van der Waals surface area contributed by atoms with Crippen LogP contribution in [0.25, 0.3) is 11.5 Å². The van der Waals surface area contributed by atoms with Crippen LogP contribution in [0.3, 0.4) is 0 Å². The van der Waals surface area contributed by atoms with Crippen molar-refractivity contribution in [1.82, 2.24) is 4.98 Å². The van der Waals surface area contributed by atoms with E-state index in [4.69, 9.17) is 20.8 Å². The summed E-state index contributed by atoms with van der Waals surface area (Å²) in [5.41, 5.74) is 2.08. The Morgan fingerprint density at radius 2 is 2.03 bits per heavy atom. The number of ether oxygens (including phenoxy) is 1. The van der Waals surface area contributed by atoms with Gasteiger partial charge in [-0.3, -0.25) is 0 Å². The van der Waals surface area contributed by atoms with Crippen LogP contribution in [0.1, 0.15) is 31.0 Å². The first-order valence-corrected chi connectivity index (χ1v) is 10.1. The fourth-order valence-corrected chi connectivity index (χ4v) is 3.76. The van der Waals surface area contributed by atoms with E-state index >= 15 is 0 Å². The first kappa shape index (κ1) is 19.4. The predicted molar refractivity (Wildman–Crippen MR) is 113 cm³/mol. The van der Waals surface area contributed by atoms with Gasteiger partial charge in [-0.1, -0.05) is 36.7 Å². The zero-order valence-electron chi connectivity index (χ0n) is 16.3. The van der Waals surface area contributed by atoms with Crippen molar-refractivity contribution in [2.45, 2.75) is 26.4 Å². The molecule has 6 heteroatoms. The van der Waals surface area contributed by atoms with Crippen LogP contribution in [0.2, 0.25) is 5.02 Å². The van der Waals surface area contributed by atoms with Gasteiger partial charge in [-0.25, -0.2) is 0 Å². The van der Waals surface area contributed by atoms with Gasteiger partial charge in [0.1, 0.15) is 18.4 Å². The molecule has 5 nitrogen and oxygen atoms in total. The summed E-state index contributed by atoms with van der Waals surface area (Å²) in [5, 5.41) is 10.2. The lowest BCUT2D eigenvalue weighted by Gasteiger charge is -2.30. The number of benzene rings is 2. The van der Waals surface area contributed by atoms with Gasteiger partial charge in [0.05, 0.1) is 0 Å². The van der Waals surface area contributed by atoms with E-state index < -0.39 is 0 Å². The normalized spacial score (nSPS) is 16.4. The van der Waals surface area contributed by atoms with Gasteiger partial charge in [0.15, 0.2) is 0 Å². The molecule has 148 valence electrons. The molecule has 0 unspecified atom stereocenters. The number of halogens is 1. The van der Waals surface area contributed by atoms with Crippen LogP contribution < -0.4 is 9.64 Å². The van der Waals surface area contributed by atoms with Crippen molar-refractivity contribution in [3.63, 3.8) is 0 Å². The Balaban J connectivity index is 1.49. The van der Waals surface area contributed by atoms with Crippen molar-refractivity contribution < 1.29 is 9.15 Å². The van der Waals surface area contributed by atoms with Crippen LogP contribution in [-0.2, 0) is 6.61 Å². The van der Waals surface area contributed by atoms with Gasteiger partial charge in [0.2, 0.25) is 17.5 Å². The molecule has 3 aromatic rings. The molecule has 1 aliphatic rings. The van der Waals surface area contributed by atoms with E-state index in [1.807, 2.05) is 48.5 Å². The van der Waals surface area contributed by atoms with E-state index in [1.165, 1.54) is 6.42 Å². The first-order chi connectivity index (χ1) is 14.1. The Kier molecular flexibility index (Phi) is 5.73. The summed E-state index contributed by atoms with van der Waals surface area (Å²) in [6.07, 6.45) is 2.30. The molecule has 0 saturated carbocycles. The third kappa shape index (κ3) is 4.38. The second-order valence-corrected chi connectivity index (χ2v) is 7.79. The molecule has 1 aromatic heterocycles. The van der Waals surface area contributed by atoms with Crippen LogP contribution >= 0.6 is 11.6 Å². The molecule has 0 bridgehead atoms. The molecule has 0 N–H and O–H groups in total. The van der Waals surface area contributed by atoms with Crippen molar-refractivity contribution in [3.8, 4) is 23.3 Å². The zero-order valence-corrected chi connectivity index (χ0v) is 17.0. The zero-order chi connectivity index (χ0) is 20.2. The maximum atomic E-state index is 9.49. The molecule has 4 rings (SSSR count). The number of anilines is 1. The van der Waals surface area contributed by atoms with Crippen molar-refractivity contribution in [1.29, 1.82) is 5.26 Å². The molecule has 0 amide bonds. The average Bonchev–Trinajstić information content (AvgIpc) is 3.18. The van der Waals surface area contributed by atoms with Gasteiger partial charge < -0.3 is 14.1 Å². The Morgan fingerprint density at radius 3 is 2.76 bits per heavy atom. The molecule has 1 aliphatic heterocycles. The highest BCUT2D eigenvalue weighted by molar-refractivity contribution is 6.31. The lowest BCUT2D eigenvalue weighted by atomic mass is 10.0. The molecule has 1 saturated heterocycles. The molecule has 0 aliphatic carbocycles. The van der Waals surface area contributed by atoms with Crippen LogP contribution in [0.4, 0.5) is 5.88 Å². The summed E-state index contributed by atoms with van der Waals surface area (Å²) in [6, 6.07) is 17.3. The Labute approximate surface area is 175 Å². The number of aromatic nitrogens is 1. The van der Waals surface area contributed by atoms with E-state index in [1.54, 1.807) is 0 Å². The summed E-state index contributed by atoms with van der Waals surface area (Å²) in [7, 11) is 0. The number of nitrogens with zero attached hydrogens (tertiary/aromatic N) is 3. The third-order valence-corrected chi connectivity index (χ3v) is 5.48. The minimum atomic E-state index is 0.341. The minimum Gasteiger partial charge on any atom is -0.489 e. The van der Waals surface area contributed by atoms with E-state index in [-0.39, 0.29) is 0 Å². The van der Waals surface area contributed by atoms with E-state index in [2.05, 4.69) is 22.9 Å². The number of oxazole rings is 1. The highest BCUT2D eigenvalue weighted by Crippen LogP contribution is 2.31. The number of hydrogen-bond acceptors (Lipinski definition) is 5. The molecular formula is C23H22ClN3O2. The minimum absolute atomic E-state index is 0.341. The van der Waals surface area contributed by atoms with Gasteiger partial charge in [-0.05, 0) is 49.1 Å². The van der Waals surface area contributed by atoms with Gasteiger partial charge in [0.25, 0.3) is 0 Å². The largest absolute Gasteiger partial charge is 0.489 e. The Morgan fingerprint density at radius 1 is 1.24 bits per heavy atom. The lowest BCUT2D eigenvalue weighted by molar-refractivity contribution is 0.306. The van der Waals surface area contributed by atoms with E-state index in [9.17, 15) is 5.26 Å². The quantitative estimate of drug-likeness (QED) is 0.544. The fraction of sp³-hybridized carbons (Fsp3) is 0.304. The lowest BCUT2D eigenvalue weighted by Crippen LogP contribution is -2.34. The molecule has 29 heavy (non-hydrogen) atoms. The Hall–Kier alpha value is -2.97. The van der Waals surface area contributed by atoms with Gasteiger partial charge in [-0.15, -0.1) is 0 Å². The van der Waals surface area contributed by atoms with Gasteiger partial charge in [-0.2, -0.15) is 10.2 Å². The highest BCUT2D eigenvalue weighted by atomic mass is 35.5. The third-order valence-electron chi connectivity index (χ3n) is 5.11. The number of hydrogen-bond donors (Lipinski definition) is 0. The maximum Gasteiger partial charge on any atom is 0.235 e. The number of rotatable bonds is 5. The monoisotopic (exact) mass is 407 g/mol. The second kappa shape index (κ2) is 8.59. The summed E-state index contributed by atoms with van der Waals surface area (Å²) >= 11 is 6.17. The smallest absolute Gasteiger partial charge is 0.235 e. The van der Waals surface area contributed by atoms with Crippen LogP contribution in [-0.4, -0.2) is 18.1 Å². The topological polar surface area (TPSA) is 62.3 Å². The van der Waals surface area contributed by atoms with E-state index in [0.717, 1.165) is 36.4 Å². The molecular weight excluding hydrogens is 386 g/mol. The van der Waals surface area contributed by atoms with E-state index in [0.29, 0.717) is 35.0 Å². The fourth-order valence-electron chi connectivity index (χ4n) is 3.57. The summed E-state index contributed by atoms with van der Waals surface area (Å²) in [6.45, 7) is 4.39. The van der Waals surface area contributed by atoms with Crippen LogP contribution in [0, 0.1) is 17.2 Å². The van der Waals surface area contributed by atoms with Crippen molar-refractivity contribution in [2.24, 2.45) is 5.92 Å². The predicted octanol–water partition coefficient (Wildman–Crippen LogP) is 5.68. The highest BCUT2D eigenvalue weighted by Gasteiger charge is 2.24. The number of nitriles is 1. The molecule has 0 spiro atoms. The number of piperidine rings is 1. The standard InChI is InChI=1S/C23H22ClN3O2/c1-16-5-4-12-27(14-16)23-21(13-25)26-22(29-23)17-8-10-19(11-9-17)28-15-18-6-2-3-7-20(18)24/h2-3,6-11,16H,4-5,12,14-15H2,1H3/t16-/m1/s1. The van der Waals surface area contributed by atoms with Crippen LogP contribution in [0.5, 0.6) is 5.75 Å². The molecule has 2 aromatic carbocycles. The average molecular weight is 408 g/mol. The SMILES string of the molecule is C[C@@H]1CCCN(c2oc(-c3ccc(OCc4ccccc4Cl)cc3)nc2C#N)C1. The maximum absolute atomic E-state index is 9.49. The van der Waals surface area contributed by atoms with Crippen molar-refractivity contribution >= 4 is 17.5 Å². The second-order valence-electron chi connectivity index (χ2n) is 7.38. The molecule has 0 radical (unpaired) electrons. The summed E-state index contributed by atoms with van der Waals surface area (Å²) in [5.74, 6) is 2.34. The van der Waals surface area contributed by atoms with Gasteiger partial charge in [0, 0.05) is 29.2 Å². The molecule has 1 atom stereocenters. The van der Waals surface area contributed by atoms with Crippen LogP contribution in [0.15, 0.2) is 52.9 Å². The summed E-state index contributed by atoms with van der Waals surface area (Å²) < 4.78 is 11.8.